The lowest BCUT2D eigenvalue weighted by Crippen LogP contribution is -2.27. The summed E-state index contributed by atoms with van der Waals surface area (Å²) in [5.74, 6) is 0. The van der Waals surface area contributed by atoms with Crippen LogP contribution in [0.3, 0.4) is 0 Å². The third-order valence-electron chi connectivity index (χ3n) is 1.50. The minimum atomic E-state index is -0.486. The molecule has 90 valence electrons. The van der Waals surface area contributed by atoms with E-state index in [1.165, 1.54) is 11.3 Å². The first kappa shape index (κ1) is 13.4. The van der Waals surface area contributed by atoms with Crippen LogP contribution in [0.5, 0.6) is 0 Å². The second-order valence-electron chi connectivity index (χ2n) is 4.20. The van der Waals surface area contributed by atoms with Gasteiger partial charge in [-0.1, -0.05) is 15.9 Å². The number of anilines is 1. The Bertz CT molecular complexity index is 360. The molecule has 0 aliphatic rings. The number of halogens is 1. The van der Waals surface area contributed by atoms with Crippen molar-refractivity contribution in [2.24, 2.45) is 0 Å². The molecule has 0 saturated heterocycles. The van der Waals surface area contributed by atoms with Crippen LogP contribution in [0, 0.1) is 0 Å². The van der Waals surface area contributed by atoms with E-state index in [4.69, 9.17) is 4.74 Å². The average molecular weight is 307 g/mol. The van der Waals surface area contributed by atoms with Crippen LogP contribution in [0.2, 0.25) is 0 Å². The van der Waals surface area contributed by atoms with E-state index in [1.807, 2.05) is 20.8 Å². The molecule has 1 aromatic heterocycles. The minimum Gasteiger partial charge on any atom is -0.444 e. The summed E-state index contributed by atoms with van der Waals surface area (Å²) in [4.78, 5) is 16.6. The molecular formula is C10H15BrN2O2S. The summed E-state index contributed by atoms with van der Waals surface area (Å²) in [7, 11) is 0. The van der Waals surface area contributed by atoms with Crippen LogP contribution in [0.25, 0.3) is 0 Å². The van der Waals surface area contributed by atoms with Gasteiger partial charge in [0.1, 0.15) is 5.60 Å². The summed E-state index contributed by atoms with van der Waals surface area (Å²) in [6, 6.07) is 0. The zero-order valence-corrected chi connectivity index (χ0v) is 11.9. The van der Waals surface area contributed by atoms with Gasteiger partial charge in [0.2, 0.25) is 0 Å². The molecule has 0 fully saturated rings. The Morgan fingerprint density at radius 3 is 2.88 bits per heavy atom. The summed E-state index contributed by atoms with van der Waals surface area (Å²) in [5, 5.41) is 4.07. The number of ether oxygens (including phenoxy) is 1. The first-order valence-electron chi connectivity index (χ1n) is 4.91. The molecular weight excluding hydrogens is 292 g/mol. The van der Waals surface area contributed by atoms with Crippen molar-refractivity contribution in [3.63, 3.8) is 0 Å². The third-order valence-corrected chi connectivity index (χ3v) is 2.87. The molecule has 1 aromatic rings. The smallest absolute Gasteiger partial charge is 0.413 e. The first-order valence-corrected chi connectivity index (χ1v) is 6.85. The zero-order valence-electron chi connectivity index (χ0n) is 9.54. The Hall–Kier alpha value is -0.620. The number of hydrogen-bond acceptors (Lipinski definition) is 4. The molecule has 0 aromatic carbocycles. The Morgan fingerprint density at radius 1 is 1.62 bits per heavy atom. The SMILES string of the molecule is CC(C)(C)OC(=O)Nc1ncc(CCBr)s1. The lowest BCUT2D eigenvalue weighted by atomic mass is 10.2. The van der Waals surface area contributed by atoms with Crippen molar-refractivity contribution in [1.82, 2.24) is 4.98 Å². The third kappa shape index (κ3) is 4.94. The fraction of sp³-hybridized carbons (Fsp3) is 0.600. The van der Waals surface area contributed by atoms with Crippen LogP contribution in [-0.4, -0.2) is 22.0 Å². The van der Waals surface area contributed by atoms with Crippen molar-refractivity contribution in [3.05, 3.63) is 11.1 Å². The predicted octanol–water partition coefficient (Wildman–Crippen LogP) is 3.43. The van der Waals surface area contributed by atoms with Crippen molar-refractivity contribution in [2.75, 3.05) is 10.6 Å². The van der Waals surface area contributed by atoms with E-state index < -0.39 is 11.7 Å². The van der Waals surface area contributed by atoms with Crippen molar-refractivity contribution in [1.29, 1.82) is 0 Å². The van der Waals surface area contributed by atoms with Gasteiger partial charge in [0, 0.05) is 16.4 Å². The molecule has 0 atom stereocenters. The molecule has 0 radical (unpaired) electrons. The van der Waals surface area contributed by atoms with Crippen LogP contribution in [0.15, 0.2) is 6.20 Å². The van der Waals surface area contributed by atoms with Gasteiger partial charge < -0.3 is 4.74 Å². The lowest BCUT2D eigenvalue weighted by molar-refractivity contribution is 0.0636. The number of nitrogens with zero attached hydrogens (tertiary/aromatic N) is 1. The van der Waals surface area contributed by atoms with Gasteiger partial charge in [0.15, 0.2) is 5.13 Å². The number of carbonyl (C=O) groups excluding carboxylic acids is 1. The van der Waals surface area contributed by atoms with Gasteiger partial charge in [0.05, 0.1) is 0 Å². The van der Waals surface area contributed by atoms with E-state index >= 15 is 0 Å². The summed E-state index contributed by atoms with van der Waals surface area (Å²) in [6.45, 7) is 5.47. The zero-order chi connectivity index (χ0) is 12.2. The Kier molecular flexibility index (Phi) is 4.73. The van der Waals surface area contributed by atoms with E-state index in [-0.39, 0.29) is 0 Å². The summed E-state index contributed by atoms with van der Waals surface area (Å²) >= 11 is 4.81. The van der Waals surface area contributed by atoms with Gasteiger partial charge in [-0.05, 0) is 27.2 Å². The van der Waals surface area contributed by atoms with Gasteiger partial charge in [-0.15, -0.1) is 11.3 Å². The van der Waals surface area contributed by atoms with Crippen molar-refractivity contribution in [3.8, 4) is 0 Å². The van der Waals surface area contributed by atoms with E-state index in [2.05, 4.69) is 26.2 Å². The summed E-state index contributed by atoms with van der Waals surface area (Å²) in [5.41, 5.74) is -0.486. The number of thiazole rings is 1. The predicted molar refractivity (Wildman–Crippen MR) is 69.5 cm³/mol. The van der Waals surface area contributed by atoms with E-state index in [1.54, 1.807) is 6.20 Å². The van der Waals surface area contributed by atoms with Crippen molar-refractivity contribution >= 4 is 38.5 Å². The molecule has 0 aliphatic carbocycles. The van der Waals surface area contributed by atoms with Gasteiger partial charge in [-0.3, -0.25) is 5.32 Å². The standard InChI is InChI=1S/C10H15BrN2O2S/c1-10(2,3)15-9(14)13-8-12-6-7(16-8)4-5-11/h6H,4-5H2,1-3H3,(H,12,13,14). The number of rotatable bonds is 3. The van der Waals surface area contributed by atoms with Gasteiger partial charge in [-0.25, -0.2) is 9.78 Å². The maximum atomic E-state index is 11.4. The maximum Gasteiger partial charge on any atom is 0.413 e. The lowest BCUT2D eigenvalue weighted by Gasteiger charge is -2.18. The molecule has 0 unspecified atom stereocenters. The van der Waals surface area contributed by atoms with Crippen LogP contribution >= 0.6 is 27.3 Å². The number of amides is 1. The second-order valence-corrected chi connectivity index (χ2v) is 6.11. The Labute approximate surface area is 108 Å². The second kappa shape index (κ2) is 5.63. The Balaban J connectivity index is 2.50. The van der Waals surface area contributed by atoms with E-state index in [0.29, 0.717) is 5.13 Å². The van der Waals surface area contributed by atoms with Gasteiger partial charge >= 0.3 is 6.09 Å². The van der Waals surface area contributed by atoms with Crippen molar-refractivity contribution in [2.45, 2.75) is 32.8 Å². The molecule has 16 heavy (non-hydrogen) atoms. The highest BCUT2D eigenvalue weighted by molar-refractivity contribution is 9.09. The van der Waals surface area contributed by atoms with E-state index in [0.717, 1.165) is 16.6 Å². The largest absolute Gasteiger partial charge is 0.444 e. The molecule has 0 bridgehead atoms. The number of nitrogens with one attached hydrogen (secondary N) is 1. The first-order chi connectivity index (χ1) is 7.40. The summed E-state index contributed by atoms with van der Waals surface area (Å²) in [6.07, 6.45) is 2.21. The number of alkyl halides is 1. The van der Waals surface area contributed by atoms with Gasteiger partial charge in [-0.2, -0.15) is 0 Å². The molecule has 1 heterocycles. The van der Waals surface area contributed by atoms with Crippen LogP contribution < -0.4 is 5.32 Å². The molecule has 1 N–H and O–H groups in total. The van der Waals surface area contributed by atoms with Gasteiger partial charge in [0.25, 0.3) is 0 Å². The number of hydrogen-bond donors (Lipinski definition) is 1. The molecule has 0 spiro atoms. The highest BCUT2D eigenvalue weighted by Crippen LogP contribution is 2.20. The molecule has 4 nitrogen and oxygen atoms in total. The monoisotopic (exact) mass is 306 g/mol. The number of carbonyl (C=O) groups is 1. The molecule has 1 amide bonds. The number of aromatic nitrogens is 1. The van der Waals surface area contributed by atoms with Crippen LogP contribution in [-0.2, 0) is 11.2 Å². The maximum absolute atomic E-state index is 11.4. The molecule has 0 saturated carbocycles. The Morgan fingerprint density at radius 2 is 2.31 bits per heavy atom. The fourth-order valence-corrected chi connectivity index (χ4v) is 2.45. The molecule has 0 aliphatic heterocycles. The minimum absolute atomic E-state index is 0.466. The topological polar surface area (TPSA) is 51.2 Å². The highest BCUT2D eigenvalue weighted by atomic mass is 79.9. The van der Waals surface area contributed by atoms with Crippen LogP contribution in [0.4, 0.5) is 9.93 Å². The fourth-order valence-electron chi connectivity index (χ4n) is 0.965. The average Bonchev–Trinajstić information content (AvgIpc) is 2.49. The highest BCUT2D eigenvalue weighted by Gasteiger charge is 2.17. The molecule has 1 rings (SSSR count). The quantitative estimate of drug-likeness (QED) is 0.870. The van der Waals surface area contributed by atoms with Crippen LogP contribution in [0.1, 0.15) is 25.6 Å². The number of aryl methyl sites for hydroxylation is 1. The normalized spacial score (nSPS) is 11.2. The summed E-state index contributed by atoms with van der Waals surface area (Å²) < 4.78 is 5.12. The molecule has 6 heteroatoms. The van der Waals surface area contributed by atoms with E-state index in [9.17, 15) is 4.79 Å². The van der Waals surface area contributed by atoms with Crippen molar-refractivity contribution < 1.29 is 9.53 Å².